The van der Waals surface area contributed by atoms with E-state index in [1.54, 1.807) is 0 Å². The largest absolute Gasteiger partial charge is 0.439 e. The lowest BCUT2D eigenvalue weighted by Crippen LogP contribution is -1.91. The van der Waals surface area contributed by atoms with Crippen LogP contribution in [-0.2, 0) is 4.74 Å². The van der Waals surface area contributed by atoms with Crippen molar-refractivity contribution in [2.24, 2.45) is 0 Å². The number of hydrogen-bond acceptors (Lipinski definition) is 2. The quantitative estimate of drug-likeness (QED) is 0.595. The molecule has 54 valence electrons. The number of rotatable bonds is 0. The summed E-state index contributed by atoms with van der Waals surface area (Å²) in [6.45, 7) is 3.68. The molecular formula is C9H7NO. The fourth-order valence-corrected chi connectivity index (χ4v) is 1.16. The van der Waals surface area contributed by atoms with Gasteiger partial charge in [0.1, 0.15) is 5.76 Å². The minimum absolute atomic E-state index is 0.200. The molecule has 0 unspecified atom stereocenters. The molecule has 1 aromatic rings. The topological polar surface area (TPSA) is 33.1 Å². The Balaban J connectivity index is 2.69. The molecular weight excluding hydrogens is 138 g/mol. The third-order valence-corrected chi connectivity index (χ3v) is 1.70. The van der Waals surface area contributed by atoms with Gasteiger partial charge in [-0.15, -0.1) is 0 Å². The van der Waals surface area contributed by atoms with E-state index < -0.39 is 0 Å². The summed E-state index contributed by atoms with van der Waals surface area (Å²) in [4.78, 5) is 0. The molecule has 0 radical (unpaired) electrons. The van der Waals surface area contributed by atoms with E-state index in [1.165, 1.54) is 0 Å². The van der Waals surface area contributed by atoms with E-state index in [-0.39, 0.29) is 5.90 Å². The van der Waals surface area contributed by atoms with Crippen molar-refractivity contribution in [1.82, 2.24) is 0 Å². The Morgan fingerprint density at radius 1 is 1.18 bits per heavy atom. The van der Waals surface area contributed by atoms with Crippen LogP contribution < -0.4 is 0 Å². The lowest BCUT2D eigenvalue weighted by atomic mass is 10.1. The average Bonchev–Trinajstić information content (AvgIpc) is 2.30. The first kappa shape index (κ1) is 6.16. The molecule has 2 rings (SSSR count). The number of fused-ring (bicyclic) bond motifs is 1. The average molecular weight is 145 g/mol. The van der Waals surface area contributed by atoms with Crippen LogP contribution in [0.15, 0.2) is 30.8 Å². The fraction of sp³-hybridized carbons (Fsp3) is 0. The van der Waals surface area contributed by atoms with Gasteiger partial charge in [-0.05, 0) is 6.07 Å². The Kier molecular flexibility index (Phi) is 1.09. The summed E-state index contributed by atoms with van der Waals surface area (Å²) in [6, 6.07) is 7.55. The second kappa shape index (κ2) is 1.95. The first-order chi connectivity index (χ1) is 5.29. The van der Waals surface area contributed by atoms with Crippen LogP contribution in [-0.4, -0.2) is 5.90 Å². The van der Waals surface area contributed by atoms with Gasteiger partial charge in [0.05, 0.1) is 0 Å². The first-order valence-corrected chi connectivity index (χ1v) is 3.34. The zero-order chi connectivity index (χ0) is 7.84. The Morgan fingerprint density at radius 2 is 1.82 bits per heavy atom. The predicted octanol–water partition coefficient (Wildman–Crippen LogP) is 2.01. The molecule has 0 aromatic heterocycles. The first-order valence-electron chi connectivity index (χ1n) is 3.34. The highest BCUT2D eigenvalue weighted by Gasteiger charge is 2.20. The molecule has 0 spiro atoms. The zero-order valence-corrected chi connectivity index (χ0v) is 5.92. The molecule has 1 heterocycles. The van der Waals surface area contributed by atoms with Crippen LogP contribution in [0.1, 0.15) is 11.1 Å². The van der Waals surface area contributed by atoms with Crippen LogP contribution >= 0.6 is 0 Å². The minimum Gasteiger partial charge on any atom is -0.439 e. The van der Waals surface area contributed by atoms with E-state index in [1.807, 2.05) is 24.3 Å². The normalized spacial score (nSPS) is 14.5. The van der Waals surface area contributed by atoms with Gasteiger partial charge in [-0.25, -0.2) is 0 Å². The maximum atomic E-state index is 7.38. The Hall–Kier alpha value is -1.57. The zero-order valence-electron chi connectivity index (χ0n) is 5.92. The summed E-state index contributed by atoms with van der Waals surface area (Å²) >= 11 is 0. The van der Waals surface area contributed by atoms with Crippen LogP contribution in [0.3, 0.4) is 0 Å². The van der Waals surface area contributed by atoms with Gasteiger partial charge in [0, 0.05) is 11.1 Å². The highest BCUT2D eigenvalue weighted by Crippen LogP contribution is 2.27. The number of hydrogen-bond donors (Lipinski definition) is 1. The Bertz CT molecular complexity index is 308. The second-order valence-corrected chi connectivity index (χ2v) is 2.40. The van der Waals surface area contributed by atoms with Gasteiger partial charge in [-0.2, -0.15) is 0 Å². The third-order valence-electron chi connectivity index (χ3n) is 1.70. The molecule has 1 aliphatic rings. The van der Waals surface area contributed by atoms with E-state index in [9.17, 15) is 0 Å². The van der Waals surface area contributed by atoms with Gasteiger partial charge in [-0.1, -0.05) is 24.8 Å². The van der Waals surface area contributed by atoms with Crippen molar-refractivity contribution < 1.29 is 4.74 Å². The summed E-state index contributed by atoms with van der Waals surface area (Å²) in [7, 11) is 0. The van der Waals surface area contributed by atoms with Crippen molar-refractivity contribution in [3.8, 4) is 0 Å². The standard InChI is InChI=1S/C9H7NO/c1-6-7-4-2-3-5-8(7)9(10)11-6/h2-5,10H,1H2. The van der Waals surface area contributed by atoms with Crippen molar-refractivity contribution in [2.45, 2.75) is 0 Å². The highest BCUT2D eigenvalue weighted by molar-refractivity contribution is 6.03. The van der Waals surface area contributed by atoms with E-state index >= 15 is 0 Å². The van der Waals surface area contributed by atoms with Crippen molar-refractivity contribution >= 4 is 11.7 Å². The molecule has 2 nitrogen and oxygen atoms in total. The van der Waals surface area contributed by atoms with Crippen LogP contribution in [0.4, 0.5) is 0 Å². The van der Waals surface area contributed by atoms with Crippen LogP contribution in [0.2, 0.25) is 0 Å². The molecule has 2 heteroatoms. The lowest BCUT2D eigenvalue weighted by Gasteiger charge is -1.91. The van der Waals surface area contributed by atoms with Crippen LogP contribution in [0, 0.1) is 5.41 Å². The number of nitrogens with one attached hydrogen (secondary N) is 1. The molecule has 1 aliphatic heterocycles. The Morgan fingerprint density at radius 3 is 2.45 bits per heavy atom. The smallest absolute Gasteiger partial charge is 0.219 e. The highest BCUT2D eigenvalue weighted by atomic mass is 16.5. The molecule has 1 aromatic carbocycles. The summed E-state index contributed by atoms with van der Waals surface area (Å²) in [6.07, 6.45) is 0. The molecule has 1 N–H and O–H groups in total. The molecule has 0 fully saturated rings. The maximum absolute atomic E-state index is 7.38. The summed E-state index contributed by atoms with van der Waals surface area (Å²) in [5.74, 6) is 0.774. The molecule has 0 atom stereocenters. The van der Waals surface area contributed by atoms with E-state index in [2.05, 4.69) is 6.58 Å². The van der Waals surface area contributed by atoms with Gasteiger partial charge in [0.15, 0.2) is 0 Å². The number of benzene rings is 1. The monoisotopic (exact) mass is 145 g/mol. The van der Waals surface area contributed by atoms with Gasteiger partial charge >= 0.3 is 0 Å². The van der Waals surface area contributed by atoms with E-state index in [4.69, 9.17) is 10.1 Å². The van der Waals surface area contributed by atoms with Gasteiger partial charge < -0.3 is 4.74 Å². The second-order valence-electron chi connectivity index (χ2n) is 2.40. The van der Waals surface area contributed by atoms with Gasteiger partial charge in [-0.3, -0.25) is 5.41 Å². The Labute approximate surface area is 64.6 Å². The summed E-state index contributed by atoms with van der Waals surface area (Å²) in [5, 5.41) is 7.38. The predicted molar refractivity (Wildman–Crippen MR) is 43.4 cm³/mol. The van der Waals surface area contributed by atoms with Crippen molar-refractivity contribution in [2.75, 3.05) is 0 Å². The van der Waals surface area contributed by atoms with Crippen molar-refractivity contribution in [3.05, 3.63) is 42.0 Å². The molecule has 0 aliphatic carbocycles. The number of ether oxygens (including phenoxy) is 1. The molecule has 0 amide bonds. The minimum atomic E-state index is 0.200. The van der Waals surface area contributed by atoms with E-state index in [0.29, 0.717) is 5.76 Å². The van der Waals surface area contributed by atoms with E-state index in [0.717, 1.165) is 11.1 Å². The van der Waals surface area contributed by atoms with Gasteiger partial charge in [0.2, 0.25) is 5.90 Å². The fourth-order valence-electron chi connectivity index (χ4n) is 1.16. The van der Waals surface area contributed by atoms with Gasteiger partial charge in [0.25, 0.3) is 0 Å². The van der Waals surface area contributed by atoms with Crippen molar-refractivity contribution in [1.29, 1.82) is 5.41 Å². The molecule has 11 heavy (non-hydrogen) atoms. The van der Waals surface area contributed by atoms with Crippen molar-refractivity contribution in [3.63, 3.8) is 0 Å². The third kappa shape index (κ3) is 0.759. The molecule has 0 bridgehead atoms. The SMILES string of the molecule is C=C1OC(=N)c2ccccc21. The lowest BCUT2D eigenvalue weighted by molar-refractivity contribution is 0.522. The molecule has 0 saturated carbocycles. The summed E-state index contributed by atoms with van der Waals surface area (Å²) < 4.78 is 5.02. The summed E-state index contributed by atoms with van der Waals surface area (Å²) in [5.41, 5.74) is 1.76. The van der Waals surface area contributed by atoms with Crippen LogP contribution in [0.5, 0.6) is 0 Å². The molecule has 0 saturated heterocycles. The maximum Gasteiger partial charge on any atom is 0.219 e. The van der Waals surface area contributed by atoms with Crippen LogP contribution in [0.25, 0.3) is 5.76 Å².